The molecule has 0 heterocycles. The Kier molecular flexibility index (Phi) is 4.46. The molecule has 1 aliphatic carbocycles. The van der Waals surface area contributed by atoms with E-state index in [1.54, 1.807) is 0 Å². The van der Waals surface area contributed by atoms with Crippen molar-refractivity contribution in [2.24, 2.45) is 5.92 Å². The molecule has 0 saturated heterocycles. The van der Waals surface area contributed by atoms with Gasteiger partial charge in [-0.2, -0.15) is 0 Å². The molecule has 2 rings (SSSR count). The van der Waals surface area contributed by atoms with Crippen molar-refractivity contribution in [3.05, 3.63) is 28.2 Å². The zero-order valence-corrected chi connectivity index (χ0v) is 11.9. The van der Waals surface area contributed by atoms with E-state index in [1.807, 2.05) is 12.1 Å². The third-order valence-corrected chi connectivity index (χ3v) is 4.16. The Balaban J connectivity index is 1.86. The van der Waals surface area contributed by atoms with Gasteiger partial charge in [-0.25, -0.2) is 0 Å². The fourth-order valence-corrected chi connectivity index (χ4v) is 2.67. The summed E-state index contributed by atoms with van der Waals surface area (Å²) in [6.07, 6.45) is 5.49. The molecule has 0 amide bonds. The number of halogens is 1. The molecule has 0 radical (unpaired) electrons. The Bertz CT molecular complexity index is 380. The predicted octanol–water partition coefficient (Wildman–Crippen LogP) is 4.13. The molecule has 1 aromatic rings. The molecule has 0 bridgehead atoms. The van der Waals surface area contributed by atoms with Crippen LogP contribution in [0.5, 0.6) is 0 Å². The maximum atomic E-state index is 5.96. The second-order valence-electron chi connectivity index (χ2n) is 5.06. The van der Waals surface area contributed by atoms with Gasteiger partial charge in [0.25, 0.3) is 0 Å². The van der Waals surface area contributed by atoms with Crippen molar-refractivity contribution in [3.63, 3.8) is 0 Å². The molecule has 2 N–H and O–H groups in total. The van der Waals surface area contributed by atoms with Crippen LogP contribution in [0.3, 0.4) is 0 Å². The van der Waals surface area contributed by atoms with Crippen LogP contribution in [-0.2, 0) is 11.3 Å². The first-order valence-corrected chi connectivity index (χ1v) is 7.10. The second-order valence-corrected chi connectivity index (χ2v) is 5.91. The van der Waals surface area contributed by atoms with Gasteiger partial charge in [0, 0.05) is 10.2 Å². The minimum atomic E-state index is 0.434. The second kappa shape index (κ2) is 5.87. The zero-order chi connectivity index (χ0) is 12.3. The minimum absolute atomic E-state index is 0.434. The summed E-state index contributed by atoms with van der Waals surface area (Å²) in [6, 6.07) is 6.03. The van der Waals surface area contributed by atoms with Crippen molar-refractivity contribution in [1.29, 1.82) is 0 Å². The van der Waals surface area contributed by atoms with Gasteiger partial charge in [0.1, 0.15) is 0 Å². The quantitative estimate of drug-likeness (QED) is 0.852. The topological polar surface area (TPSA) is 35.2 Å². The maximum Gasteiger partial charge on any atom is 0.0721 e. The van der Waals surface area contributed by atoms with Crippen molar-refractivity contribution < 1.29 is 4.74 Å². The monoisotopic (exact) mass is 297 g/mol. The highest BCUT2D eigenvalue weighted by atomic mass is 79.9. The van der Waals surface area contributed by atoms with E-state index in [-0.39, 0.29) is 0 Å². The average molecular weight is 298 g/mol. The van der Waals surface area contributed by atoms with Gasteiger partial charge >= 0.3 is 0 Å². The molecule has 94 valence electrons. The number of hydrogen-bond donors (Lipinski definition) is 1. The van der Waals surface area contributed by atoms with E-state index in [0.717, 1.165) is 21.6 Å². The van der Waals surface area contributed by atoms with Gasteiger partial charge in [-0.3, -0.25) is 0 Å². The predicted molar refractivity (Wildman–Crippen MR) is 74.8 cm³/mol. The third-order valence-electron chi connectivity index (χ3n) is 3.43. The van der Waals surface area contributed by atoms with Crippen LogP contribution in [0.1, 0.15) is 38.2 Å². The highest BCUT2D eigenvalue weighted by Gasteiger charge is 2.19. The van der Waals surface area contributed by atoms with Gasteiger partial charge < -0.3 is 10.5 Å². The first kappa shape index (κ1) is 12.9. The van der Waals surface area contributed by atoms with E-state index >= 15 is 0 Å². The molecule has 2 unspecified atom stereocenters. The lowest BCUT2D eigenvalue weighted by Crippen LogP contribution is -2.21. The standard InChI is InChI=1S/C14H20BrNO/c1-10-3-2-4-12(7-10)17-9-11-5-6-13(15)14(16)8-11/h5-6,8,10,12H,2-4,7,9,16H2,1H3. The number of nitrogens with two attached hydrogens (primary N) is 1. The van der Waals surface area contributed by atoms with Crippen LogP contribution in [0.4, 0.5) is 5.69 Å². The Labute approximate surface area is 112 Å². The van der Waals surface area contributed by atoms with Crippen LogP contribution in [0.2, 0.25) is 0 Å². The van der Waals surface area contributed by atoms with Crippen molar-refractivity contribution in [2.45, 2.75) is 45.3 Å². The van der Waals surface area contributed by atoms with Crippen LogP contribution in [0.25, 0.3) is 0 Å². The van der Waals surface area contributed by atoms with Crippen molar-refractivity contribution in [3.8, 4) is 0 Å². The lowest BCUT2D eigenvalue weighted by molar-refractivity contribution is 0.00468. The van der Waals surface area contributed by atoms with Gasteiger partial charge in [0.2, 0.25) is 0 Å². The molecule has 17 heavy (non-hydrogen) atoms. The van der Waals surface area contributed by atoms with Crippen LogP contribution < -0.4 is 5.73 Å². The highest BCUT2D eigenvalue weighted by molar-refractivity contribution is 9.10. The molecule has 2 nitrogen and oxygen atoms in total. The van der Waals surface area contributed by atoms with Gasteiger partial charge in [-0.05, 0) is 52.4 Å². The fourth-order valence-electron chi connectivity index (χ4n) is 2.43. The number of anilines is 1. The number of hydrogen-bond acceptors (Lipinski definition) is 2. The molecule has 0 aliphatic heterocycles. The molecule has 0 spiro atoms. The summed E-state index contributed by atoms with van der Waals surface area (Å²) < 4.78 is 6.91. The van der Waals surface area contributed by atoms with Gasteiger partial charge in [0.15, 0.2) is 0 Å². The summed E-state index contributed by atoms with van der Waals surface area (Å²) >= 11 is 3.40. The van der Waals surface area contributed by atoms with Crippen LogP contribution >= 0.6 is 15.9 Å². The molecule has 0 aromatic heterocycles. The largest absolute Gasteiger partial charge is 0.398 e. The van der Waals surface area contributed by atoms with E-state index in [1.165, 1.54) is 25.7 Å². The number of rotatable bonds is 3. The van der Waals surface area contributed by atoms with Gasteiger partial charge in [-0.15, -0.1) is 0 Å². The van der Waals surface area contributed by atoms with Gasteiger partial charge in [-0.1, -0.05) is 25.8 Å². The molecular formula is C14H20BrNO. The Morgan fingerprint density at radius 2 is 2.24 bits per heavy atom. The third kappa shape index (κ3) is 3.71. The first-order chi connectivity index (χ1) is 8.15. The van der Waals surface area contributed by atoms with Gasteiger partial charge in [0.05, 0.1) is 12.7 Å². The van der Waals surface area contributed by atoms with E-state index in [9.17, 15) is 0 Å². The van der Waals surface area contributed by atoms with E-state index < -0.39 is 0 Å². The molecule has 1 aliphatic rings. The summed E-state index contributed by atoms with van der Waals surface area (Å²) in [5, 5.41) is 0. The molecular weight excluding hydrogens is 278 g/mol. The van der Waals surface area contributed by atoms with Crippen molar-refractivity contribution in [2.75, 3.05) is 5.73 Å². The number of ether oxygens (including phenoxy) is 1. The van der Waals surface area contributed by atoms with Crippen LogP contribution in [0, 0.1) is 5.92 Å². The van der Waals surface area contributed by atoms with E-state index in [0.29, 0.717) is 12.7 Å². The van der Waals surface area contributed by atoms with Crippen molar-refractivity contribution in [1.82, 2.24) is 0 Å². The summed E-state index contributed by atoms with van der Waals surface area (Å²) in [5.74, 6) is 0.809. The van der Waals surface area contributed by atoms with Crippen molar-refractivity contribution >= 4 is 21.6 Å². The van der Waals surface area contributed by atoms with E-state index in [2.05, 4.69) is 28.9 Å². The van der Waals surface area contributed by atoms with Crippen LogP contribution in [-0.4, -0.2) is 6.10 Å². The maximum absolute atomic E-state index is 5.96. The summed E-state index contributed by atoms with van der Waals surface area (Å²) in [5.41, 5.74) is 7.79. The Hall–Kier alpha value is -0.540. The minimum Gasteiger partial charge on any atom is -0.398 e. The molecule has 1 saturated carbocycles. The number of nitrogen functional groups attached to an aromatic ring is 1. The molecule has 1 aromatic carbocycles. The molecule has 1 fully saturated rings. The highest BCUT2D eigenvalue weighted by Crippen LogP contribution is 2.27. The number of benzene rings is 1. The average Bonchev–Trinajstić information content (AvgIpc) is 2.31. The SMILES string of the molecule is CC1CCCC(OCc2ccc(Br)c(N)c2)C1. The molecule has 3 heteroatoms. The van der Waals surface area contributed by atoms with Crippen LogP contribution in [0.15, 0.2) is 22.7 Å². The fraction of sp³-hybridized carbons (Fsp3) is 0.571. The summed E-state index contributed by atoms with van der Waals surface area (Å²) in [6.45, 7) is 2.99. The lowest BCUT2D eigenvalue weighted by Gasteiger charge is -2.26. The summed E-state index contributed by atoms with van der Waals surface area (Å²) in [7, 11) is 0. The summed E-state index contributed by atoms with van der Waals surface area (Å²) in [4.78, 5) is 0. The zero-order valence-electron chi connectivity index (χ0n) is 10.3. The first-order valence-electron chi connectivity index (χ1n) is 6.30. The Morgan fingerprint density at radius 1 is 1.41 bits per heavy atom. The Morgan fingerprint density at radius 3 is 2.94 bits per heavy atom. The normalized spacial score (nSPS) is 24.8. The smallest absolute Gasteiger partial charge is 0.0721 e. The molecule has 2 atom stereocenters. The lowest BCUT2D eigenvalue weighted by atomic mass is 9.89. The van der Waals surface area contributed by atoms with E-state index in [4.69, 9.17) is 10.5 Å².